The third kappa shape index (κ3) is 4.52. The molecule has 3 heterocycles. The van der Waals surface area contributed by atoms with Gasteiger partial charge in [-0.15, -0.1) is 0 Å². The van der Waals surface area contributed by atoms with E-state index in [1.165, 1.54) is 16.2 Å². The Labute approximate surface area is 208 Å². The number of nitrogens with zero attached hydrogens (tertiary/aromatic N) is 4. The number of benzene rings is 2. The maximum absolute atomic E-state index is 12.7. The number of aryl methyl sites for hydroxylation is 1. The molecule has 35 heavy (non-hydrogen) atoms. The monoisotopic (exact) mass is 512 g/mol. The molecule has 1 saturated heterocycles. The number of carboxylic acid groups (broad SMARTS) is 1. The number of aliphatic carboxylic acids is 1. The number of rotatable bonds is 6. The lowest BCUT2D eigenvalue weighted by Crippen LogP contribution is -2.45. The molecule has 0 aliphatic carbocycles. The SMILES string of the molecule is Cn1c(Nc2nc3ccc(Cl)cc3s2)nc2cc(C(=O)NCC(=O)N3CCC[C@H]3C(=O)O)ccc21. The molecule has 3 N–H and O–H groups in total. The molecule has 1 atom stereocenters. The van der Waals surface area contributed by atoms with Crippen LogP contribution >= 0.6 is 22.9 Å². The van der Waals surface area contributed by atoms with Crippen LogP contribution in [0.1, 0.15) is 23.2 Å². The van der Waals surface area contributed by atoms with Gasteiger partial charge in [0, 0.05) is 24.2 Å². The number of carbonyl (C=O) groups is 3. The van der Waals surface area contributed by atoms with E-state index >= 15 is 0 Å². The largest absolute Gasteiger partial charge is 0.480 e. The number of hydrogen-bond acceptors (Lipinski definition) is 7. The van der Waals surface area contributed by atoms with Gasteiger partial charge in [0.1, 0.15) is 6.04 Å². The van der Waals surface area contributed by atoms with Crippen molar-refractivity contribution >= 4 is 73.1 Å². The molecule has 10 nitrogen and oxygen atoms in total. The number of anilines is 2. The third-order valence-corrected chi connectivity index (χ3v) is 7.14. The van der Waals surface area contributed by atoms with Gasteiger partial charge in [-0.05, 0) is 49.2 Å². The molecule has 2 aromatic heterocycles. The Hall–Kier alpha value is -3.70. The molecule has 180 valence electrons. The number of fused-ring (bicyclic) bond motifs is 2. The fraction of sp³-hybridized carbons (Fsp3) is 0.261. The Bertz CT molecular complexity index is 1480. The number of halogens is 1. The highest BCUT2D eigenvalue weighted by atomic mass is 35.5. The van der Waals surface area contributed by atoms with Crippen LogP contribution in [0.25, 0.3) is 21.3 Å². The van der Waals surface area contributed by atoms with Crippen molar-refractivity contribution in [1.29, 1.82) is 0 Å². The lowest BCUT2D eigenvalue weighted by atomic mass is 10.2. The Morgan fingerprint density at radius 1 is 1.17 bits per heavy atom. The Morgan fingerprint density at radius 3 is 2.80 bits per heavy atom. The van der Waals surface area contributed by atoms with Crippen molar-refractivity contribution in [2.24, 2.45) is 7.05 Å². The summed E-state index contributed by atoms with van der Waals surface area (Å²) in [5, 5.41) is 16.4. The average Bonchev–Trinajstić information content (AvgIpc) is 3.54. The number of likely N-dealkylation sites (tertiary alicyclic amines) is 1. The second-order valence-electron chi connectivity index (χ2n) is 8.22. The van der Waals surface area contributed by atoms with Crippen LogP contribution < -0.4 is 10.6 Å². The number of carbonyl (C=O) groups excluding carboxylic acids is 2. The van der Waals surface area contributed by atoms with Gasteiger partial charge in [0.05, 0.1) is 27.8 Å². The van der Waals surface area contributed by atoms with E-state index in [2.05, 4.69) is 20.6 Å². The minimum Gasteiger partial charge on any atom is -0.480 e. The van der Waals surface area contributed by atoms with E-state index in [0.717, 1.165) is 15.7 Å². The minimum absolute atomic E-state index is 0.267. The second-order valence-corrected chi connectivity index (χ2v) is 9.69. The molecule has 0 bridgehead atoms. The molecule has 1 aliphatic heterocycles. The summed E-state index contributed by atoms with van der Waals surface area (Å²) in [6.45, 7) is 0.111. The molecule has 12 heteroatoms. The fourth-order valence-electron chi connectivity index (χ4n) is 4.18. The van der Waals surface area contributed by atoms with E-state index in [9.17, 15) is 19.5 Å². The van der Waals surface area contributed by atoms with Gasteiger partial charge < -0.3 is 25.2 Å². The third-order valence-electron chi connectivity index (χ3n) is 5.97. The zero-order valence-electron chi connectivity index (χ0n) is 18.6. The summed E-state index contributed by atoms with van der Waals surface area (Å²) in [6.07, 6.45) is 1.06. The maximum atomic E-state index is 12.7. The number of carboxylic acids is 1. The summed E-state index contributed by atoms with van der Waals surface area (Å²) in [5.74, 6) is -1.31. The second kappa shape index (κ2) is 9.16. The van der Waals surface area contributed by atoms with Gasteiger partial charge in [0.2, 0.25) is 11.9 Å². The van der Waals surface area contributed by atoms with Crippen LogP contribution in [0.2, 0.25) is 5.02 Å². The van der Waals surface area contributed by atoms with Crippen LogP contribution in [0.4, 0.5) is 11.1 Å². The number of imidazole rings is 1. The Balaban J connectivity index is 1.29. The summed E-state index contributed by atoms with van der Waals surface area (Å²) >= 11 is 7.52. The maximum Gasteiger partial charge on any atom is 0.326 e. The zero-order valence-corrected chi connectivity index (χ0v) is 20.2. The summed E-state index contributed by atoms with van der Waals surface area (Å²) in [4.78, 5) is 46.8. The summed E-state index contributed by atoms with van der Waals surface area (Å²) < 4.78 is 2.81. The van der Waals surface area contributed by atoms with Crippen LogP contribution in [0, 0.1) is 0 Å². The quantitative estimate of drug-likeness (QED) is 0.361. The molecule has 0 unspecified atom stereocenters. The average molecular weight is 513 g/mol. The first-order valence-electron chi connectivity index (χ1n) is 10.9. The van der Waals surface area contributed by atoms with Crippen molar-refractivity contribution < 1.29 is 19.5 Å². The van der Waals surface area contributed by atoms with Gasteiger partial charge >= 0.3 is 5.97 Å². The van der Waals surface area contributed by atoms with Gasteiger partial charge in [0.15, 0.2) is 5.13 Å². The predicted molar refractivity (Wildman–Crippen MR) is 133 cm³/mol. The summed E-state index contributed by atoms with van der Waals surface area (Å²) in [5.41, 5.74) is 2.59. The smallest absolute Gasteiger partial charge is 0.326 e. The van der Waals surface area contributed by atoms with E-state index in [0.29, 0.717) is 46.6 Å². The molecule has 5 rings (SSSR count). The highest BCUT2D eigenvalue weighted by Crippen LogP contribution is 2.31. The van der Waals surface area contributed by atoms with Crippen LogP contribution in [-0.4, -0.2) is 61.5 Å². The van der Waals surface area contributed by atoms with Gasteiger partial charge in [-0.3, -0.25) is 9.59 Å². The first-order chi connectivity index (χ1) is 16.8. The molecular weight excluding hydrogens is 492 g/mol. The topological polar surface area (TPSA) is 129 Å². The van der Waals surface area contributed by atoms with Crippen LogP contribution in [0.3, 0.4) is 0 Å². The lowest BCUT2D eigenvalue weighted by Gasteiger charge is -2.21. The number of hydrogen-bond donors (Lipinski definition) is 3. The zero-order chi connectivity index (χ0) is 24.7. The number of thiazole rings is 1. The van der Waals surface area contributed by atoms with Crippen molar-refractivity contribution in [2.45, 2.75) is 18.9 Å². The molecule has 0 spiro atoms. The lowest BCUT2D eigenvalue weighted by molar-refractivity contribution is -0.147. The number of nitrogens with one attached hydrogen (secondary N) is 2. The van der Waals surface area contributed by atoms with Crippen molar-refractivity contribution in [1.82, 2.24) is 24.8 Å². The van der Waals surface area contributed by atoms with E-state index < -0.39 is 23.8 Å². The van der Waals surface area contributed by atoms with Gasteiger partial charge in [-0.1, -0.05) is 22.9 Å². The minimum atomic E-state index is -1.03. The molecule has 1 fully saturated rings. The van der Waals surface area contributed by atoms with Gasteiger partial charge in [0.25, 0.3) is 5.91 Å². The van der Waals surface area contributed by atoms with Crippen LogP contribution in [0.5, 0.6) is 0 Å². The molecule has 2 aromatic carbocycles. The predicted octanol–water partition coefficient (Wildman–Crippen LogP) is 3.39. The Kier molecular flexibility index (Phi) is 6.03. The number of amides is 2. The number of aromatic nitrogens is 3. The van der Waals surface area contributed by atoms with Crippen molar-refractivity contribution in [2.75, 3.05) is 18.4 Å². The molecule has 1 aliphatic rings. The highest BCUT2D eigenvalue weighted by Gasteiger charge is 2.33. The molecule has 0 saturated carbocycles. The van der Waals surface area contributed by atoms with Gasteiger partial charge in [-0.2, -0.15) is 0 Å². The van der Waals surface area contributed by atoms with E-state index in [4.69, 9.17) is 11.6 Å². The molecular formula is C23H21ClN6O4S. The molecule has 4 aromatic rings. The van der Waals surface area contributed by atoms with E-state index in [1.54, 1.807) is 24.3 Å². The van der Waals surface area contributed by atoms with Crippen molar-refractivity contribution in [3.8, 4) is 0 Å². The van der Waals surface area contributed by atoms with E-state index in [1.807, 2.05) is 23.7 Å². The molecule has 0 radical (unpaired) electrons. The first-order valence-corrected chi connectivity index (χ1v) is 12.1. The summed E-state index contributed by atoms with van der Waals surface area (Å²) in [7, 11) is 1.86. The highest BCUT2D eigenvalue weighted by molar-refractivity contribution is 7.22. The van der Waals surface area contributed by atoms with Crippen LogP contribution in [-0.2, 0) is 16.6 Å². The van der Waals surface area contributed by atoms with Crippen LogP contribution in [0.15, 0.2) is 36.4 Å². The first kappa shape index (κ1) is 23.1. The Morgan fingerprint density at radius 2 is 2.00 bits per heavy atom. The normalized spacial score (nSPS) is 15.6. The van der Waals surface area contributed by atoms with E-state index in [-0.39, 0.29) is 6.54 Å². The van der Waals surface area contributed by atoms with Gasteiger partial charge in [-0.25, -0.2) is 14.8 Å². The molecule has 2 amide bonds. The summed E-state index contributed by atoms with van der Waals surface area (Å²) in [6, 6.07) is 9.76. The van der Waals surface area contributed by atoms with Crippen molar-refractivity contribution in [3.05, 3.63) is 47.0 Å². The standard InChI is InChI=1S/C23H21ClN6O4S/c1-29-16-7-4-12(20(32)25-11-19(31)30-8-2-3-17(30)21(33)34)9-15(16)26-22(29)28-23-27-14-6-5-13(24)10-18(14)35-23/h4-7,9-10,17H,2-3,8,11H2,1H3,(H,25,32)(H,33,34)(H,26,27,28)/t17-/m0/s1. The van der Waals surface area contributed by atoms with Crippen molar-refractivity contribution in [3.63, 3.8) is 0 Å². The fourth-order valence-corrected chi connectivity index (χ4v) is 5.32.